The maximum atomic E-state index is 2.27. The van der Waals surface area contributed by atoms with Gasteiger partial charge in [0.15, 0.2) is 0 Å². The molecule has 0 N–H and O–H groups in total. The van der Waals surface area contributed by atoms with Gasteiger partial charge in [-0.3, -0.25) is 0 Å². The van der Waals surface area contributed by atoms with E-state index in [0.29, 0.717) is 0 Å². The Balaban J connectivity index is -0.0000000693. The number of nitrogens with zero attached hydrogens (tertiary/aromatic N) is 2. The molecule has 2 nitrogen and oxygen atoms in total. The SMILES string of the molecule is CC.CC.CC.CC.CC(CCCN(C)C)N(C)C. The van der Waals surface area contributed by atoms with E-state index in [2.05, 4.69) is 44.9 Å². The van der Waals surface area contributed by atoms with Crippen LogP contribution in [-0.2, 0) is 0 Å². The molecule has 0 aliphatic carbocycles. The summed E-state index contributed by atoms with van der Waals surface area (Å²) in [6, 6.07) is 0.718. The summed E-state index contributed by atoms with van der Waals surface area (Å²) in [5.41, 5.74) is 0. The highest BCUT2D eigenvalue weighted by atomic mass is 15.1. The van der Waals surface area contributed by atoms with Gasteiger partial charge in [-0.2, -0.15) is 0 Å². The van der Waals surface area contributed by atoms with Crippen molar-refractivity contribution in [3.05, 3.63) is 0 Å². The quantitative estimate of drug-likeness (QED) is 0.666. The molecule has 0 bridgehead atoms. The molecule has 2 heteroatoms. The standard InChI is InChI=1S/C9H22N2.4C2H6/c1-9(11(4)5)7-6-8-10(2)3;4*1-2/h9H,6-8H2,1-5H3;4*1-2H3. The number of hydrogen-bond donors (Lipinski definition) is 0. The first kappa shape index (κ1) is 31.4. The van der Waals surface area contributed by atoms with Crippen molar-refractivity contribution in [2.24, 2.45) is 0 Å². The predicted molar refractivity (Wildman–Crippen MR) is 96.3 cm³/mol. The zero-order valence-corrected chi connectivity index (χ0v) is 16.6. The van der Waals surface area contributed by atoms with Crippen molar-refractivity contribution in [1.29, 1.82) is 0 Å². The van der Waals surface area contributed by atoms with Gasteiger partial charge in [0.1, 0.15) is 0 Å². The Morgan fingerprint density at radius 2 is 1.00 bits per heavy atom. The van der Waals surface area contributed by atoms with Gasteiger partial charge in [0, 0.05) is 6.04 Å². The lowest BCUT2D eigenvalue weighted by atomic mass is 10.1. The van der Waals surface area contributed by atoms with Gasteiger partial charge >= 0.3 is 0 Å². The smallest absolute Gasteiger partial charge is 0.00613 e. The lowest BCUT2D eigenvalue weighted by Crippen LogP contribution is -2.25. The molecule has 124 valence electrons. The zero-order chi connectivity index (χ0) is 16.9. The van der Waals surface area contributed by atoms with E-state index in [1.54, 1.807) is 0 Å². The summed E-state index contributed by atoms with van der Waals surface area (Å²) in [4.78, 5) is 4.51. The highest BCUT2D eigenvalue weighted by Crippen LogP contribution is 2.01. The van der Waals surface area contributed by atoms with Gasteiger partial charge < -0.3 is 9.80 Å². The molecule has 19 heavy (non-hydrogen) atoms. The molecule has 0 heterocycles. The maximum Gasteiger partial charge on any atom is 0.00613 e. The Morgan fingerprint density at radius 1 is 0.684 bits per heavy atom. The minimum atomic E-state index is 0.718. The van der Waals surface area contributed by atoms with Crippen molar-refractivity contribution in [2.45, 2.75) is 81.2 Å². The Morgan fingerprint density at radius 3 is 1.21 bits per heavy atom. The molecule has 0 rings (SSSR count). The third-order valence-electron chi connectivity index (χ3n) is 2.11. The first-order valence-corrected chi connectivity index (χ1v) is 8.35. The molecule has 0 amide bonds. The van der Waals surface area contributed by atoms with Crippen LogP contribution in [0.4, 0.5) is 0 Å². The van der Waals surface area contributed by atoms with Crippen molar-refractivity contribution in [3.63, 3.8) is 0 Å². The van der Waals surface area contributed by atoms with E-state index < -0.39 is 0 Å². The van der Waals surface area contributed by atoms with Crippen LogP contribution in [0, 0.1) is 0 Å². The van der Waals surface area contributed by atoms with Crippen molar-refractivity contribution in [2.75, 3.05) is 34.7 Å². The van der Waals surface area contributed by atoms with Crippen molar-refractivity contribution in [1.82, 2.24) is 9.80 Å². The molecule has 1 atom stereocenters. The minimum Gasteiger partial charge on any atom is -0.309 e. The third kappa shape index (κ3) is 46.2. The Labute approximate surface area is 126 Å². The van der Waals surface area contributed by atoms with Crippen LogP contribution in [0.25, 0.3) is 0 Å². The van der Waals surface area contributed by atoms with Crippen molar-refractivity contribution in [3.8, 4) is 0 Å². The van der Waals surface area contributed by atoms with Crippen LogP contribution in [0.15, 0.2) is 0 Å². The van der Waals surface area contributed by atoms with Gasteiger partial charge in [-0.1, -0.05) is 55.4 Å². The average Bonchev–Trinajstić information content (AvgIpc) is 2.47. The summed E-state index contributed by atoms with van der Waals surface area (Å²) >= 11 is 0. The van der Waals surface area contributed by atoms with Crippen LogP contribution in [0.1, 0.15) is 75.2 Å². The summed E-state index contributed by atoms with van der Waals surface area (Å²) in [6.45, 7) is 19.5. The fourth-order valence-electron chi connectivity index (χ4n) is 0.961. The van der Waals surface area contributed by atoms with Crippen LogP contribution in [0.3, 0.4) is 0 Å². The molecule has 0 fully saturated rings. The van der Waals surface area contributed by atoms with E-state index in [1.165, 1.54) is 19.4 Å². The van der Waals surface area contributed by atoms with Crippen LogP contribution in [0.2, 0.25) is 0 Å². The van der Waals surface area contributed by atoms with E-state index in [0.717, 1.165) is 6.04 Å². The molecule has 0 aliphatic heterocycles. The van der Waals surface area contributed by atoms with Gasteiger partial charge in [-0.15, -0.1) is 0 Å². The average molecular weight is 279 g/mol. The van der Waals surface area contributed by atoms with Crippen LogP contribution >= 0.6 is 0 Å². The highest BCUT2D eigenvalue weighted by Gasteiger charge is 2.03. The summed E-state index contributed by atoms with van der Waals surface area (Å²) in [7, 11) is 8.53. The van der Waals surface area contributed by atoms with E-state index in [9.17, 15) is 0 Å². The van der Waals surface area contributed by atoms with Crippen LogP contribution in [-0.4, -0.2) is 50.6 Å². The first-order valence-electron chi connectivity index (χ1n) is 8.35. The largest absolute Gasteiger partial charge is 0.309 e. The minimum absolute atomic E-state index is 0.718. The Kier molecular flexibility index (Phi) is 59.6. The second kappa shape index (κ2) is 36.1. The topological polar surface area (TPSA) is 6.48 Å². The molecule has 0 spiro atoms. The van der Waals surface area contributed by atoms with Crippen LogP contribution < -0.4 is 0 Å². The van der Waals surface area contributed by atoms with Gasteiger partial charge in [0.05, 0.1) is 0 Å². The second-order valence-electron chi connectivity index (χ2n) is 3.76. The highest BCUT2D eigenvalue weighted by molar-refractivity contribution is 4.59. The fourth-order valence-corrected chi connectivity index (χ4v) is 0.961. The molecule has 0 aromatic rings. The molecule has 1 unspecified atom stereocenters. The predicted octanol–water partition coefficient (Wildman–Crippen LogP) is 5.38. The molecule has 0 aliphatic rings. The van der Waals surface area contributed by atoms with E-state index in [1.807, 2.05) is 55.4 Å². The Hall–Kier alpha value is -0.0800. The van der Waals surface area contributed by atoms with E-state index in [-0.39, 0.29) is 0 Å². The monoisotopic (exact) mass is 278 g/mol. The van der Waals surface area contributed by atoms with Gasteiger partial charge in [-0.05, 0) is 54.5 Å². The molecule has 0 saturated heterocycles. The third-order valence-corrected chi connectivity index (χ3v) is 2.11. The van der Waals surface area contributed by atoms with Crippen LogP contribution in [0.5, 0.6) is 0 Å². The number of hydrogen-bond acceptors (Lipinski definition) is 2. The molecule has 0 aromatic carbocycles. The first-order chi connectivity index (χ1) is 9.04. The second-order valence-corrected chi connectivity index (χ2v) is 3.76. The summed E-state index contributed by atoms with van der Waals surface area (Å²) in [5.74, 6) is 0. The lowest BCUT2D eigenvalue weighted by molar-refractivity contribution is 0.280. The van der Waals surface area contributed by atoms with Crippen molar-refractivity contribution >= 4 is 0 Å². The molecule has 0 radical (unpaired) electrons. The summed E-state index contributed by atoms with van der Waals surface area (Å²) in [5, 5.41) is 0. The van der Waals surface area contributed by atoms with Gasteiger partial charge in [0.2, 0.25) is 0 Å². The normalized spacial score (nSPS) is 9.63. The van der Waals surface area contributed by atoms with E-state index >= 15 is 0 Å². The fraction of sp³-hybridized carbons (Fsp3) is 1.00. The zero-order valence-electron chi connectivity index (χ0n) is 16.6. The van der Waals surface area contributed by atoms with Crippen molar-refractivity contribution < 1.29 is 0 Å². The van der Waals surface area contributed by atoms with E-state index in [4.69, 9.17) is 0 Å². The molecular weight excluding hydrogens is 232 g/mol. The molecule has 0 saturated carbocycles. The maximum absolute atomic E-state index is 2.27. The van der Waals surface area contributed by atoms with Gasteiger partial charge in [0.25, 0.3) is 0 Å². The number of rotatable bonds is 5. The molecule has 0 aromatic heterocycles. The summed E-state index contributed by atoms with van der Waals surface area (Å²) in [6.07, 6.45) is 2.59. The van der Waals surface area contributed by atoms with Gasteiger partial charge in [-0.25, -0.2) is 0 Å². The lowest BCUT2D eigenvalue weighted by Gasteiger charge is -2.20. The summed E-state index contributed by atoms with van der Waals surface area (Å²) < 4.78 is 0. The molecular formula is C17H46N2. The Bertz CT molecular complexity index is 91.3.